The van der Waals surface area contributed by atoms with E-state index in [0.717, 1.165) is 117 Å². The number of para-hydroxylation sites is 2. The number of benzene rings is 6. The Morgan fingerprint density at radius 2 is 0.639 bits per heavy atom. The molecule has 8 nitrogen and oxygen atoms in total. The number of nitrogens with zero attached hydrogens (tertiary/aromatic N) is 6. The quantitative estimate of drug-likeness (QED) is 0.0462. The Labute approximate surface area is 433 Å². The summed E-state index contributed by atoms with van der Waals surface area (Å²) >= 11 is 0. The normalized spacial score (nSPS) is 12.5. The van der Waals surface area contributed by atoms with E-state index < -0.39 is 0 Å². The Bertz CT molecular complexity index is 2270. The zero-order chi connectivity index (χ0) is 50.3. The summed E-state index contributed by atoms with van der Waals surface area (Å²) < 4.78 is 0. The summed E-state index contributed by atoms with van der Waals surface area (Å²) in [5, 5.41) is 7.21. The zero-order valence-corrected chi connectivity index (χ0v) is 44.3. The molecule has 1 heterocycles. The molecule has 3 unspecified atom stereocenters. The van der Waals surface area contributed by atoms with Gasteiger partial charge in [-0.05, 0) is 139 Å². The molecule has 8 heteroatoms. The number of unbranched alkanes of at least 4 members (excludes halogenated alkanes) is 3. The molecular formula is C64H82N8. The third-order valence-corrected chi connectivity index (χ3v) is 14.3. The third-order valence-electron chi connectivity index (χ3n) is 14.3. The van der Waals surface area contributed by atoms with Gasteiger partial charge in [0.15, 0.2) is 0 Å². The van der Waals surface area contributed by atoms with Crippen molar-refractivity contribution in [2.75, 3.05) is 45.0 Å². The Hall–Kier alpha value is -6.67. The number of hydrogen-bond acceptors (Lipinski definition) is 8. The molecular weight excluding hydrogens is 881 g/mol. The molecule has 0 saturated carbocycles. The van der Waals surface area contributed by atoms with E-state index in [-0.39, 0.29) is 0 Å². The Morgan fingerprint density at radius 3 is 0.958 bits per heavy atom. The molecule has 0 radical (unpaired) electrons. The van der Waals surface area contributed by atoms with Crippen LogP contribution in [0.15, 0.2) is 164 Å². The van der Waals surface area contributed by atoms with E-state index in [1.165, 1.54) is 36.8 Å². The van der Waals surface area contributed by atoms with E-state index in [1.54, 1.807) is 0 Å². The minimum absolute atomic E-state index is 0.446. The number of nitrogens with one attached hydrogen (secondary N) is 2. The van der Waals surface area contributed by atoms with Crippen molar-refractivity contribution >= 4 is 57.7 Å². The molecule has 378 valence electrons. The van der Waals surface area contributed by atoms with Crippen LogP contribution < -0.4 is 25.3 Å². The molecule has 0 bridgehead atoms. The summed E-state index contributed by atoms with van der Waals surface area (Å²) in [6, 6.07) is 58.4. The Kier molecular flexibility index (Phi) is 21.0. The molecule has 0 spiro atoms. The maximum Gasteiger partial charge on any atom is 0.236 e. The van der Waals surface area contributed by atoms with Crippen LogP contribution in [-0.4, -0.2) is 34.6 Å². The lowest BCUT2D eigenvalue weighted by Gasteiger charge is -2.33. The van der Waals surface area contributed by atoms with Crippen LogP contribution in [0, 0.1) is 17.8 Å². The van der Waals surface area contributed by atoms with Gasteiger partial charge in [-0.25, -0.2) is 0 Å². The Morgan fingerprint density at radius 1 is 0.347 bits per heavy atom. The number of aromatic nitrogens is 3. The monoisotopic (exact) mass is 963 g/mol. The second-order valence-corrected chi connectivity index (χ2v) is 19.7. The number of hydrogen-bond donors (Lipinski definition) is 2. The number of rotatable bonds is 30. The lowest BCUT2D eigenvalue weighted by Crippen LogP contribution is -2.32. The predicted molar refractivity (Wildman–Crippen MR) is 309 cm³/mol. The SMILES string of the molecule is CCCCC(CC)CN(c1ccc(Cc2ccccc2)cc1)c1nc(N(CC(CC)CCCC)c2ccc(Nc3ccccc3)cc2)nc(N(CC(CC)CCCC)c2ccc(Nc3ccccc3)cc2)n1. The van der Waals surface area contributed by atoms with Gasteiger partial charge < -0.3 is 25.3 Å². The van der Waals surface area contributed by atoms with E-state index in [9.17, 15) is 0 Å². The van der Waals surface area contributed by atoms with Crippen molar-refractivity contribution in [3.8, 4) is 0 Å². The maximum atomic E-state index is 5.67. The maximum absolute atomic E-state index is 5.67. The summed E-state index contributed by atoms with van der Waals surface area (Å²) in [7, 11) is 0. The van der Waals surface area contributed by atoms with Gasteiger partial charge in [0.1, 0.15) is 0 Å². The van der Waals surface area contributed by atoms with Crippen molar-refractivity contribution in [2.45, 2.75) is 125 Å². The first kappa shape index (κ1) is 53.1. The van der Waals surface area contributed by atoms with Crippen LogP contribution in [0.5, 0.6) is 0 Å². The smallest absolute Gasteiger partial charge is 0.236 e. The highest BCUT2D eigenvalue weighted by molar-refractivity contribution is 5.70. The minimum atomic E-state index is 0.446. The van der Waals surface area contributed by atoms with Crippen LogP contribution in [0.2, 0.25) is 0 Å². The predicted octanol–water partition coefficient (Wildman–Crippen LogP) is 18.0. The molecule has 7 rings (SSSR count). The first-order valence-electron chi connectivity index (χ1n) is 27.5. The third kappa shape index (κ3) is 15.7. The van der Waals surface area contributed by atoms with E-state index in [4.69, 9.17) is 15.0 Å². The molecule has 1 aromatic heterocycles. The zero-order valence-electron chi connectivity index (χ0n) is 44.3. The average Bonchev–Trinajstić information content (AvgIpc) is 3.43. The first-order chi connectivity index (χ1) is 35.4. The Balaban J connectivity index is 1.41. The molecule has 72 heavy (non-hydrogen) atoms. The van der Waals surface area contributed by atoms with Crippen LogP contribution in [-0.2, 0) is 6.42 Å². The molecule has 0 amide bonds. The van der Waals surface area contributed by atoms with Crippen LogP contribution >= 0.6 is 0 Å². The summed E-state index contributed by atoms with van der Waals surface area (Å²) in [4.78, 5) is 24.2. The van der Waals surface area contributed by atoms with Crippen LogP contribution in [0.1, 0.15) is 130 Å². The van der Waals surface area contributed by atoms with Gasteiger partial charge in [-0.2, -0.15) is 15.0 Å². The van der Waals surface area contributed by atoms with Gasteiger partial charge in [0.2, 0.25) is 17.8 Å². The molecule has 0 saturated heterocycles. The lowest BCUT2D eigenvalue weighted by atomic mass is 9.98. The van der Waals surface area contributed by atoms with E-state index in [0.29, 0.717) is 35.6 Å². The molecule has 6 aromatic carbocycles. The van der Waals surface area contributed by atoms with Gasteiger partial charge in [0.25, 0.3) is 0 Å². The molecule has 0 aliphatic rings. The molecule has 0 aliphatic carbocycles. The molecule has 2 N–H and O–H groups in total. The summed E-state index contributed by atoms with van der Waals surface area (Å²) in [5.41, 5.74) is 10.0. The van der Waals surface area contributed by atoms with Gasteiger partial charge in [-0.1, -0.05) is 178 Å². The van der Waals surface area contributed by atoms with E-state index in [1.807, 2.05) is 0 Å². The van der Waals surface area contributed by atoms with Gasteiger partial charge in [-0.15, -0.1) is 0 Å². The van der Waals surface area contributed by atoms with Crippen molar-refractivity contribution in [3.63, 3.8) is 0 Å². The summed E-state index contributed by atoms with van der Waals surface area (Å²) in [6.07, 6.45) is 14.6. The van der Waals surface area contributed by atoms with E-state index >= 15 is 0 Å². The molecule has 7 aromatic rings. The second-order valence-electron chi connectivity index (χ2n) is 19.7. The fourth-order valence-electron chi connectivity index (χ4n) is 9.59. The van der Waals surface area contributed by atoms with Crippen molar-refractivity contribution in [1.29, 1.82) is 0 Å². The van der Waals surface area contributed by atoms with Crippen molar-refractivity contribution in [2.24, 2.45) is 17.8 Å². The number of anilines is 10. The van der Waals surface area contributed by atoms with Crippen molar-refractivity contribution in [1.82, 2.24) is 15.0 Å². The summed E-state index contributed by atoms with van der Waals surface area (Å²) in [6.45, 7) is 16.3. The highest BCUT2D eigenvalue weighted by Crippen LogP contribution is 2.36. The highest BCUT2D eigenvalue weighted by Gasteiger charge is 2.27. The van der Waals surface area contributed by atoms with Crippen LogP contribution in [0.4, 0.5) is 57.7 Å². The fraction of sp³-hybridized carbons (Fsp3) is 0.391. The van der Waals surface area contributed by atoms with Crippen molar-refractivity contribution in [3.05, 3.63) is 175 Å². The topological polar surface area (TPSA) is 72.5 Å². The average molecular weight is 963 g/mol. The summed E-state index contributed by atoms with van der Waals surface area (Å²) in [5.74, 6) is 3.38. The van der Waals surface area contributed by atoms with Gasteiger partial charge in [0.05, 0.1) is 0 Å². The molecule has 0 aliphatic heterocycles. The van der Waals surface area contributed by atoms with Crippen LogP contribution in [0.3, 0.4) is 0 Å². The standard InChI is InChI=1S/C64H82N8/c1-7-13-25-50(10-4)47-70(59-40-34-54(35-41-59)46-53-28-19-16-20-29-53)62-67-63(71(48-51(11-5)26-14-8-2)60-42-36-57(37-43-60)65-55-30-21-17-22-31-55)69-64(68-62)72(49-52(12-6)27-15-9-3)61-44-38-58(39-45-61)66-56-32-23-18-24-33-56/h16-24,28-45,50-52,65-66H,7-15,25-27,46-49H2,1-6H3. The van der Waals surface area contributed by atoms with Gasteiger partial charge >= 0.3 is 0 Å². The minimum Gasteiger partial charge on any atom is -0.356 e. The lowest BCUT2D eigenvalue weighted by molar-refractivity contribution is 0.452. The first-order valence-corrected chi connectivity index (χ1v) is 27.5. The second kappa shape index (κ2) is 28.4. The van der Waals surface area contributed by atoms with Gasteiger partial charge in [-0.3, -0.25) is 0 Å². The van der Waals surface area contributed by atoms with Crippen LogP contribution in [0.25, 0.3) is 0 Å². The van der Waals surface area contributed by atoms with Crippen molar-refractivity contribution < 1.29 is 0 Å². The fourth-order valence-corrected chi connectivity index (χ4v) is 9.59. The van der Waals surface area contributed by atoms with E-state index in [2.05, 4.69) is 231 Å². The largest absolute Gasteiger partial charge is 0.356 e. The van der Waals surface area contributed by atoms with Gasteiger partial charge in [0, 0.05) is 59.4 Å². The molecule has 0 fully saturated rings. The molecule has 3 atom stereocenters. The highest BCUT2D eigenvalue weighted by atomic mass is 15.4.